The van der Waals surface area contributed by atoms with Crippen LogP contribution in [0.15, 0.2) is 73.1 Å². The molecule has 29 heavy (non-hydrogen) atoms. The van der Waals surface area contributed by atoms with Crippen molar-refractivity contribution >= 4 is 17.5 Å². The van der Waals surface area contributed by atoms with Gasteiger partial charge >= 0.3 is 0 Å². The van der Waals surface area contributed by atoms with Crippen molar-refractivity contribution < 1.29 is 14.3 Å². The van der Waals surface area contributed by atoms with E-state index in [4.69, 9.17) is 4.74 Å². The Bertz CT molecular complexity index is 1010. The molecular weight excluding hydrogens is 366 g/mol. The number of para-hydroxylation sites is 1. The van der Waals surface area contributed by atoms with E-state index in [1.54, 1.807) is 48.6 Å². The highest BCUT2D eigenvalue weighted by molar-refractivity contribution is 5.98. The number of carbonyl (C=O) groups is 2. The molecule has 1 N–H and O–H groups in total. The van der Waals surface area contributed by atoms with Crippen molar-refractivity contribution in [3.05, 3.63) is 89.7 Å². The second kappa shape index (κ2) is 8.14. The second-order valence-corrected chi connectivity index (χ2v) is 7.01. The van der Waals surface area contributed by atoms with Crippen LogP contribution >= 0.6 is 0 Å². The van der Waals surface area contributed by atoms with Crippen LogP contribution in [0.5, 0.6) is 5.75 Å². The summed E-state index contributed by atoms with van der Waals surface area (Å²) in [6, 6.07) is 18.3. The summed E-state index contributed by atoms with van der Waals surface area (Å²) in [5.41, 5.74) is 3.04. The number of ether oxygens (including phenoxy) is 1. The number of nitrogens with zero attached hydrogens (tertiary/aromatic N) is 2. The molecule has 0 bridgehead atoms. The fourth-order valence-electron chi connectivity index (χ4n) is 3.34. The Balaban J connectivity index is 1.41. The highest BCUT2D eigenvalue weighted by Crippen LogP contribution is 2.28. The van der Waals surface area contributed by atoms with Crippen LogP contribution in [0.4, 0.5) is 5.69 Å². The number of aromatic nitrogens is 1. The molecule has 0 saturated carbocycles. The Morgan fingerprint density at radius 1 is 1.14 bits per heavy atom. The number of nitrogens with one attached hydrogen (secondary N) is 1. The zero-order valence-electron chi connectivity index (χ0n) is 16.0. The SMILES string of the molecule is CN(Cc1cccnc1)C(=O)c1cccc(NC(=O)C2Cc3ccccc3O2)c1. The molecule has 1 aliphatic rings. The number of rotatable bonds is 5. The minimum absolute atomic E-state index is 0.130. The highest BCUT2D eigenvalue weighted by atomic mass is 16.5. The molecule has 2 aromatic carbocycles. The standard InChI is InChI=1S/C23H21N3O3/c1-26(15-16-6-5-11-24-14-16)23(28)18-8-4-9-19(12-18)25-22(27)21-13-17-7-2-3-10-20(17)29-21/h2-12,14,21H,13,15H2,1H3,(H,25,27). The van der Waals surface area contributed by atoms with E-state index in [0.717, 1.165) is 16.9 Å². The molecule has 1 aromatic heterocycles. The molecule has 1 aliphatic heterocycles. The predicted octanol–water partition coefficient (Wildman–Crippen LogP) is 3.30. The van der Waals surface area contributed by atoms with Crippen LogP contribution in [0.2, 0.25) is 0 Å². The smallest absolute Gasteiger partial charge is 0.265 e. The number of carbonyl (C=O) groups excluding carboxylic acids is 2. The largest absolute Gasteiger partial charge is 0.480 e. The van der Waals surface area contributed by atoms with Gasteiger partial charge in [-0.2, -0.15) is 0 Å². The van der Waals surface area contributed by atoms with E-state index in [-0.39, 0.29) is 11.8 Å². The maximum absolute atomic E-state index is 12.8. The lowest BCUT2D eigenvalue weighted by Gasteiger charge is -2.18. The summed E-state index contributed by atoms with van der Waals surface area (Å²) in [7, 11) is 1.74. The molecule has 1 unspecified atom stereocenters. The maximum Gasteiger partial charge on any atom is 0.265 e. The lowest BCUT2D eigenvalue weighted by molar-refractivity contribution is -0.122. The van der Waals surface area contributed by atoms with E-state index in [2.05, 4.69) is 10.3 Å². The van der Waals surface area contributed by atoms with Gasteiger partial charge in [0.15, 0.2) is 6.10 Å². The van der Waals surface area contributed by atoms with E-state index in [9.17, 15) is 9.59 Å². The van der Waals surface area contributed by atoms with Crippen molar-refractivity contribution in [3.8, 4) is 5.75 Å². The van der Waals surface area contributed by atoms with Crippen LogP contribution in [0, 0.1) is 0 Å². The summed E-state index contributed by atoms with van der Waals surface area (Å²) in [6.07, 6.45) is 3.40. The van der Waals surface area contributed by atoms with Gasteiger partial charge in [-0.25, -0.2) is 0 Å². The van der Waals surface area contributed by atoms with Crippen molar-refractivity contribution in [2.45, 2.75) is 19.1 Å². The van der Waals surface area contributed by atoms with Gasteiger partial charge in [0.25, 0.3) is 11.8 Å². The molecule has 0 saturated heterocycles. The Kier molecular flexibility index (Phi) is 5.24. The zero-order valence-corrected chi connectivity index (χ0v) is 16.0. The van der Waals surface area contributed by atoms with E-state index in [1.165, 1.54) is 0 Å². The number of amides is 2. The molecule has 146 valence electrons. The number of hydrogen-bond acceptors (Lipinski definition) is 4. The molecule has 4 rings (SSSR count). The number of fused-ring (bicyclic) bond motifs is 1. The van der Waals surface area contributed by atoms with Gasteiger partial charge in [0.1, 0.15) is 5.75 Å². The topological polar surface area (TPSA) is 71.5 Å². The molecule has 3 aromatic rings. The predicted molar refractivity (Wildman–Crippen MR) is 110 cm³/mol. The molecule has 0 spiro atoms. The van der Waals surface area contributed by atoms with Gasteiger partial charge in [-0.1, -0.05) is 30.3 Å². The van der Waals surface area contributed by atoms with Gasteiger partial charge in [-0.05, 0) is 41.5 Å². The third kappa shape index (κ3) is 4.27. The van der Waals surface area contributed by atoms with Gasteiger partial charge in [0, 0.05) is 43.7 Å². The average molecular weight is 387 g/mol. The van der Waals surface area contributed by atoms with Gasteiger partial charge in [-0.3, -0.25) is 14.6 Å². The van der Waals surface area contributed by atoms with Crippen LogP contribution in [0.25, 0.3) is 0 Å². The first kappa shape index (κ1) is 18.7. The zero-order chi connectivity index (χ0) is 20.2. The third-order valence-electron chi connectivity index (χ3n) is 4.81. The Morgan fingerprint density at radius 2 is 2.00 bits per heavy atom. The van der Waals surface area contributed by atoms with Crippen molar-refractivity contribution in [1.29, 1.82) is 0 Å². The Morgan fingerprint density at radius 3 is 2.79 bits per heavy atom. The maximum atomic E-state index is 12.8. The van der Waals surface area contributed by atoms with Gasteiger partial charge in [0.2, 0.25) is 0 Å². The summed E-state index contributed by atoms with van der Waals surface area (Å²) in [5, 5.41) is 2.86. The van der Waals surface area contributed by atoms with Gasteiger partial charge in [-0.15, -0.1) is 0 Å². The number of anilines is 1. The van der Waals surface area contributed by atoms with Crippen LogP contribution in [0.3, 0.4) is 0 Å². The molecule has 0 fully saturated rings. The first-order valence-corrected chi connectivity index (χ1v) is 9.40. The number of pyridine rings is 1. The second-order valence-electron chi connectivity index (χ2n) is 7.01. The average Bonchev–Trinajstić information content (AvgIpc) is 3.18. The van der Waals surface area contributed by atoms with Crippen molar-refractivity contribution in [2.24, 2.45) is 0 Å². The molecule has 2 amide bonds. The summed E-state index contributed by atoms with van der Waals surface area (Å²) in [4.78, 5) is 31.1. The number of benzene rings is 2. The minimum Gasteiger partial charge on any atom is -0.480 e. The van der Waals surface area contributed by atoms with Crippen molar-refractivity contribution in [2.75, 3.05) is 12.4 Å². The first-order chi connectivity index (χ1) is 14.1. The Hall–Kier alpha value is -3.67. The molecule has 2 heterocycles. The molecule has 6 heteroatoms. The summed E-state index contributed by atoms with van der Waals surface area (Å²) >= 11 is 0. The molecule has 0 aliphatic carbocycles. The monoisotopic (exact) mass is 387 g/mol. The van der Waals surface area contributed by atoms with Crippen LogP contribution in [-0.4, -0.2) is 34.8 Å². The first-order valence-electron chi connectivity index (χ1n) is 9.40. The molecule has 6 nitrogen and oxygen atoms in total. The molecular formula is C23H21N3O3. The summed E-state index contributed by atoms with van der Waals surface area (Å²) in [5.74, 6) is 0.387. The van der Waals surface area contributed by atoms with Crippen LogP contribution < -0.4 is 10.1 Å². The molecule has 0 radical (unpaired) electrons. The van der Waals surface area contributed by atoms with E-state index < -0.39 is 6.10 Å². The number of hydrogen-bond donors (Lipinski definition) is 1. The quantitative estimate of drug-likeness (QED) is 0.729. The summed E-state index contributed by atoms with van der Waals surface area (Å²) in [6.45, 7) is 0.456. The van der Waals surface area contributed by atoms with Gasteiger partial charge in [0.05, 0.1) is 0 Å². The lowest BCUT2D eigenvalue weighted by atomic mass is 10.1. The minimum atomic E-state index is -0.569. The van der Waals surface area contributed by atoms with E-state index in [1.807, 2.05) is 36.4 Å². The Labute approximate surface area is 169 Å². The van der Waals surface area contributed by atoms with Crippen molar-refractivity contribution in [3.63, 3.8) is 0 Å². The fourth-order valence-corrected chi connectivity index (χ4v) is 3.34. The van der Waals surface area contributed by atoms with Crippen LogP contribution in [-0.2, 0) is 17.8 Å². The van der Waals surface area contributed by atoms with Gasteiger partial charge < -0.3 is 15.0 Å². The van der Waals surface area contributed by atoms with E-state index in [0.29, 0.717) is 24.2 Å². The van der Waals surface area contributed by atoms with Crippen molar-refractivity contribution in [1.82, 2.24) is 9.88 Å². The lowest BCUT2D eigenvalue weighted by Crippen LogP contribution is -2.31. The van der Waals surface area contributed by atoms with E-state index >= 15 is 0 Å². The third-order valence-corrected chi connectivity index (χ3v) is 4.81. The normalized spacial score (nSPS) is 14.6. The highest BCUT2D eigenvalue weighted by Gasteiger charge is 2.28. The van der Waals surface area contributed by atoms with Crippen LogP contribution in [0.1, 0.15) is 21.5 Å². The fraction of sp³-hybridized carbons (Fsp3) is 0.174. The summed E-state index contributed by atoms with van der Waals surface area (Å²) < 4.78 is 5.73. The molecule has 1 atom stereocenters.